The third kappa shape index (κ3) is 7.01. The molecule has 0 aliphatic heterocycles. The van der Waals surface area contributed by atoms with Gasteiger partial charge in [-0.3, -0.25) is 9.69 Å². The summed E-state index contributed by atoms with van der Waals surface area (Å²) in [4.78, 5) is 23.6. The van der Waals surface area contributed by atoms with Crippen LogP contribution in [0.4, 0.5) is 0 Å². The Morgan fingerprint density at radius 2 is 1.78 bits per heavy atom. The van der Waals surface area contributed by atoms with Gasteiger partial charge in [0.1, 0.15) is 5.82 Å². The number of hydrogen-bond acceptors (Lipinski definition) is 3. The maximum atomic E-state index is 13.9. The third-order valence-corrected chi connectivity index (χ3v) is 7.80. The number of amides is 1. The van der Waals surface area contributed by atoms with Crippen molar-refractivity contribution in [3.05, 3.63) is 65.5 Å². The number of hydrogen-bond donors (Lipinski definition) is 0. The average molecular weight is 501 g/mol. The molecule has 3 aromatic rings. The first-order valence-electron chi connectivity index (χ1n) is 14.5. The summed E-state index contributed by atoms with van der Waals surface area (Å²) in [6, 6.07) is 16.8. The predicted octanol–water partition coefficient (Wildman–Crippen LogP) is 6.76. The van der Waals surface area contributed by atoms with Gasteiger partial charge in [-0.2, -0.15) is 0 Å². The molecule has 1 amide bonds. The van der Waals surface area contributed by atoms with Crippen LogP contribution in [0, 0.1) is 17.8 Å². The molecule has 0 radical (unpaired) electrons. The monoisotopic (exact) mass is 500 g/mol. The number of rotatable bonds is 14. The fraction of sp³-hybridized carbons (Fsp3) is 0.562. The third-order valence-electron chi connectivity index (χ3n) is 7.80. The number of aromatic nitrogens is 2. The number of para-hydroxylation sites is 2. The summed E-state index contributed by atoms with van der Waals surface area (Å²) in [5, 5.41) is 0. The highest BCUT2D eigenvalue weighted by atomic mass is 16.2. The molecule has 2 aromatic carbocycles. The minimum Gasteiger partial charge on any atom is -0.331 e. The van der Waals surface area contributed by atoms with Crippen molar-refractivity contribution in [2.45, 2.75) is 78.9 Å². The second kappa shape index (κ2) is 11.8. The van der Waals surface area contributed by atoms with Crippen molar-refractivity contribution in [3.63, 3.8) is 0 Å². The molecule has 1 heterocycles. The Kier molecular flexibility index (Phi) is 8.29. The lowest BCUT2D eigenvalue weighted by Crippen LogP contribution is -2.33. The van der Waals surface area contributed by atoms with Crippen LogP contribution in [0.15, 0.2) is 48.5 Å². The molecule has 0 unspecified atom stereocenters. The van der Waals surface area contributed by atoms with Crippen molar-refractivity contribution < 1.29 is 4.79 Å². The normalized spacial score (nSPS) is 15.7. The van der Waals surface area contributed by atoms with Crippen molar-refractivity contribution in [2.24, 2.45) is 17.8 Å². The van der Waals surface area contributed by atoms with E-state index in [1.54, 1.807) is 0 Å². The lowest BCUT2D eigenvalue weighted by Gasteiger charge is -2.25. The van der Waals surface area contributed by atoms with E-state index in [9.17, 15) is 4.79 Å². The fourth-order valence-corrected chi connectivity index (χ4v) is 5.31. The summed E-state index contributed by atoms with van der Waals surface area (Å²) in [6.45, 7) is 12.2. The van der Waals surface area contributed by atoms with Crippen LogP contribution in [-0.2, 0) is 19.6 Å². The van der Waals surface area contributed by atoms with Crippen LogP contribution in [0.3, 0.4) is 0 Å². The van der Waals surface area contributed by atoms with Crippen molar-refractivity contribution >= 4 is 16.9 Å². The molecule has 37 heavy (non-hydrogen) atoms. The van der Waals surface area contributed by atoms with Gasteiger partial charge in [-0.05, 0) is 92.7 Å². The summed E-state index contributed by atoms with van der Waals surface area (Å²) in [7, 11) is 0. The van der Waals surface area contributed by atoms with Crippen molar-refractivity contribution in [2.75, 3.05) is 19.6 Å². The zero-order valence-corrected chi connectivity index (χ0v) is 23.0. The van der Waals surface area contributed by atoms with Gasteiger partial charge in [0.25, 0.3) is 5.91 Å². The Bertz CT molecular complexity index is 1190. The van der Waals surface area contributed by atoms with Crippen molar-refractivity contribution in [1.82, 2.24) is 19.4 Å². The number of fused-ring (bicyclic) bond motifs is 1. The zero-order chi connectivity index (χ0) is 25.8. The van der Waals surface area contributed by atoms with Crippen LogP contribution in [0.5, 0.6) is 0 Å². The zero-order valence-electron chi connectivity index (χ0n) is 23.0. The van der Waals surface area contributed by atoms with Crippen LogP contribution in [0.1, 0.15) is 81.0 Å². The van der Waals surface area contributed by atoms with Crippen LogP contribution < -0.4 is 0 Å². The molecule has 2 fully saturated rings. The van der Waals surface area contributed by atoms with Gasteiger partial charge in [0.05, 0.1) is 17.6 Å². The highest BCUT2D eigenvalue weighted by Crippen LogP contribution is 2.33. The highest BCUT2D eigenvalue weighted by molar-refractivity contribution is 5.94. The molecular formula is C32H44N4O. The minimum atomic E-state index is 0.122. The van der Waals surface area contributed by atoms with Crippen LogP contribution in [-0.4, -0.2) is 44.9 Å². The van der Waals surface area contributed by atoms with Gasteiger partial charge in [-0.15, -0.1) is 0 Å². The number of nitrogens with zero attached hydrogens (tertiary/aromatic N) is 4. The molecule has 2 aliphatic rings. The summed E-state index contributed by atoms with van der Waals surface area (Å²) in [5.41, 5.74) is 4.26. The van der Waals surface area contributed by atoms with Gasteiger partial charge in [-0.25, -0.2) is 4.98 Å². The van der Waals surface area contributed by atoms with Gasteiger partial charge in [0, 0.05) is 31.7 Å². The van der Waals surface area contributed by atoms with Gasteiger partial charge in [-0.1, -0.05) is 45.0 Å². The van der Waals surface area contributed by atoms with E-state index in [0.29, 0.717) is 12.5 Å². The average Bonchev–Trinajstić information content (AvgIpc) is 3.82. The second-order valence-corrected chi connectivity index (χ2v) is 11.9. The molecule has 1 aromatic heterocycles. The van der Waals surface area contributed by atoms with E-state index in [2.05, 4.69) is 72.7 Å². The molecule has 0 atom stereocenters. The van der Waals surface area contributed by atoms with E-state index in [4.69, 9.17) is 4.98 Å². The topological polar surface area (TPSA) is 41.4 Å². The summed E-state index contributed by atoms with van der Waals surface area (Å²) in [6.07, 6.45) is 7.48. The number of carbonyl (C=O) groups excluding carboxylic acids is 1. The van der Waals surface area contributed by atoms with E-state index in [1.165, 1.54) is 43.3 Å². The number of carbonyl (C=O) groups is 1. The van der Waals surface area contributed by atoms with Gasteiger partial charge in [0.15, 0.2) is 0 Å². The predicted molar refractivity (Wildman–Crippen MR) is 151 cm³/mol. The smallest absolute Gasteiger partial charge is 0.254 e. The van der Waals surface area contributed by atoms with E-state index in [-0.39, 0.29) is 5.91 Å². The maximum absolute atomic E-state index is 13.9. The van der Waals surface area contributed by atoms with E-state index < -0.39 is 0 Å². The minimum absolute atomic E-state index is 0.122. The lowest BCUT2D eigenvalue weighted by atomic mass is 10.1. The molecule has 0 N–H and O–H groups in total. The molecule has 2 saturated carbocycles. The first kappa shape index (κ1) is 26.0. The Labute approximate surface area is 222 Å². The summed E-state index contributed by atoms with van der Waals surface area (Å²) < 4.78 is 2.37. The quantitative estimate of drug-likeness (QED) is 0.246. The van der Waals surface area contributed by atoms with Crippen LogP contribution in [0.2, 0.25) is 0 Å². The Morgan fingerprint density at radius 1 is 1.00 bits per heavy atom. The lowest BCUT2D eigenvalue weighted by molar-refractivity contribution is 0.0729. The van der Waals surface area contributed by atoms with Crippen molar-refractivity contribution in [3.8, 4) is 0 Å². The summed E-state index contributed by atoms with van der Waals surface area (Å²) >= 11 is 0. The summed E-state index contributed by atoms with van der Waals surface area (Å²) in [5.74, 6) is 3.29. The number of imidazole rings is 1. The maximum Gasteiger partial charge on any atom is 0.254 e. The Hall–Kier alpha value is -2.66. The Morgan fingerprint density at radius 3 is 2.51 bits per heavy atom. The molecule has 2 aliphatic carbocycles. The van der Waals surface area contributed by atoms with Gasteiger partial charge < -0.3 is 9.47 Å². The highest BCUT2D eigenvalue weighted by Gasteiger charge is 2.27. The van der Waals surface area contributed by atoms with Crippen molar-refractivity contribution in [1.29, 1.82) is 0 Å². The Balaban J connectivity index is 1.37. The molecular weight excluding hydrogens is 456 g/mol. The fourth-order valence-electron chi connectivity index (χ4n) is 5.31. The largest absolute Gasteiger partial charge is 0.331 e. The number of benzene rings is 2. The second-order valence-electron chi connectivity index (χ2n) is 11.9. The van der Waals surface area contributed by atoms with Crippen LogP contribution >= 0.6 is 0 Å². The molecule has 0 spiro atoms. The van der Waals surface area contributed by atoms with Gasteiger partial charge in [0.2, 0.25) is 0 Å². The molecule has 198 valence electrons. The molecule has 5 heteroatoms. The molecule has 5 rings (SSSR count). The molecule has 5 nitrogen and oxygen atoms in total. The van der Waals surface area contributed by atoms with Crippen LogP contribution in [0.25, 0.3) is 11.0 Å². The van der Waals surface area contributed by atoms with E-state index >= 15 is 0 Å². The van der Waals surface area contributed by atoms with E-state index in [1.807, 2.05) is 11.0 Å². The molecule has 0 bridgehead atoms. The standard InChI is InChI=1S/C32H44N4O/c1-4-17-34(20-25-12-13-25)21-27-8-7-9-28(19-27)32(37)35(18-16-24(2)3)23-31-33-29-10-5-6-11-30(29)36(31)22-26-14-15-26/h5-11,19,24-26H,4,12-18,20-23H2,1-3H3. The molecule has 0 saturated heterocycles. The van der Waals surface area contributed by atoms with E-state index in [0.717, 1.165) is 67.8 Å². The first-order chi connectivity index (χ1) is 18.0. The SMILES string of the molecule is CCCN(Cc1cccc(C(=O)N(CCC(C)C)Cc2nc3ccccc3n2CC2CC2)c1)CC1CC1. The first-order valence-corrected chi connectivity index (χ1v) is 14.5. The van der Waals surface area contributed by atoms with Gasteiger partial charge >= 0.3 is 0 Å².